The molecule has 2 aromatic rings. The van der Waals surface area contributed by atoms with Gasteiger partial charge in [-0.3, -0.25) is 4.90 Å². The van der Waals surface area contributed by atoms with E-state index in [-0.39, 0.29) is 6.61 Å². The van der Waals surface area contributed by atoms with Gasteiger partial charge in [-0.2, -0.15) is 0 Å². The minimum atomic E-state index is 0.213. The van der Waals surface area contributed by atoms with Crippen LogP contribution in [-0.4, -0.2) is 59.3 Å². The number of rotatable bonds is 3. The summed E-state index contributed by atoms with van der Waals surface area (Å²) in [5, 5.41) is 9.39. The highest BCUT2D eigenvalue weighted by Crippen LogP contribution is 2.32. The van der Waals surface area contributed by atoms with E-state index < -0.39 is 0 Å². The van der Waals surface area contributed by atoms with Crippen molar-refractivity contribution in [3.63, 3.8) is 0 Å². The number of nitrogens with zero attached hydrogens (tertiary/aromatic N) is 4. The van der Waals surface area contributed by atoms with Crippen molar-refractivity contribution in [1.82, 2.24) is 14.9 Å². The lowest BCUT2D eigenvalue weighted by atomic mass is 10.0. The second kappa shape index (κ2) is 7.21. The second-order valence-electron chi connectivity index (χ2n) is 7.19. The SMILES string of the molecule is Cc1nc2c(c(N3CCN(C)[C@H](CCO)C3)n1)Cc1ccccc1OC2. The van der Waals surface area contributed by atoms with Crippen LogP contribution < -0.4 is 9.64 Å². The Morgan fingerprint density at radius 2 is 2.08 bits per heavy atom. The maximum absolute atomic E-state index is 9.39. The Morgan fingerprint density at radius 1 is 1.23 bits per heavy atom. The normalized spacial score (nSPS) is 20.1. The number of aliphatic hydroxyl groups excluding tert-OH is 1. The molecule has 0 amide bonds. The third-order valence-corrected chi connectivity index (χ3v) is 5.43. The molecule has 1 N–H and O–H groups in total. The lowest BCUT2D eigenvalue weighted by Gasteiger charge is -2.40. The second-order valence-corrected chi connectivity index (χ2v) is 7.19. The first-order valence-corrected chi connectivity index (χ1v) is 9.29. The molecule has 2 aliphatic rings. The molecule has 0 unspecified atom stereocenters. The smallest absolute Gasteiger partial charge is 0.136 e. The third kappa shape index (κ3) is 3.27. The van der Waals surface area contributed by atoms with Gasteiger partial charge in [-0.05, 0) is 32.0 Å². The van der Waals surface area contributed by atoms with Crippen molar-refractivity contribution < 1.29 is 9.84 Å². The molecule has 26 heavy (non-hydrogen) atoms. The molecule has 1 fully saturated rings. The molecule has 1 aromatic heterocycles. The van der Waals surface area contributed by atoms with E-state index in [9.17, 15) is 5.11 Å². The van der Waals surface area contributed by atoms with Gasteiger partial charge in [0, 0.05) is 44.3 Å². The minimum absolute atomic E-state index is 0.213. The fourth-order valence-electron chi connectivity index (χ4n) is 3.93. The standard InChI is InChI=1S/C20H26N4O2/c1-14-21-18-13-26-19-6-4-3-5-15(19)11-17(18)20(22-14)24-9-8-23(2)16(12-24)7-10-25/h3-6,16,25H,7-13H2,1-2H3/t16-/m1/s1. The number of benzene rings is 1. The number of ether oxygens (including phenoxy) is 1. The van der Waals surface area contributed by atoms with Crippen molar-refractivity contribution in [3.05, 3.63) is 46.9 Å². The number of anilines is 1. The predicted molar refractivity (Wildman–Crippen MR) is 101 cm³/mol. The average Bonchev–Trinajstić information content (AvgIpc) is 2.82. The van der Waals surface area contributed by atoms with Crippen molar-refractivity contribution in [1.29, 1.82) is 0 Å². The van der Waals surface area contributed by atoms with Gasteiger partial charge >= 0.3 is 0 Å². The van der Waals surface area contributed by atoms with E-state index in [2.05, 4.69) is 34.0 Å². The van der Waals surface area contributed by atoms with Crippen molar-refractivity contribution in [2.24, 2.45) is 0 Å². The first-order chi connectivity index (χ1) is 12.7. The van der Waals surface area contributed by atoms with E-state index in [1.165, 1.54) is 11.1 Å². The molecule has 0 radical (unpaired) electrons. The number of hydrogen-bond acceptors (Lipinski definition) is 6. The van der Waals surface area contributed by atoms with Gasteiger partial charge in [-0.15, -0.1) is 0 Å². The molecule has 0 saturated carbocycles. The molecule has 6 heteroatoms. The molecule has 2 aliphatic heterocycles. The van der Waals surface area contributed by atoms with Crippen LogP contribution in [0, 0.1) is 6.92 Å². The van der Waals surface area contributed by atoms with Gasteiger partial charge in [0.25, 0.3) is 0 Å². The van der Waals surface area contributed by atoms with Crippen LogP contribution in [0.2, 0.25) is 0 Å². The van der Waals surface area contributed by atoms with Crippen LogP contribution in [0.1, 0.15) is 29.1 Å². The number of piperazine rings is 1. The highest BCUT2D eigenvalue weighted by molar-refractivity contribution is 5.54. The van der Waals surface area contributed by atoms with Gasteiger partial charge in [0.05, 0.1) is 5.69 Å². The lowest BCUT2D eigenvalue weighted by molar-refractivity contribution is 0.170. The van der Waals surface area contributed by atoms with Gasteiger partial charge in [0.1, 0.15) is 24.0 Å². The van der Waals surface area contributed by atoms with Crippen LogP contribution in [0.25, 0.3) is 0 Å². The zero-order chi connectivity index (χ0) is 18.1. The average molecular weight is 354 g/mol. The molecule has 4 rings (SSSR count). The Hall–Kier alpha value is -2.18. The molecular weight excluding hydrogens is 328 g/mol. The summed E-state index contributed by atoms with van der Waals surface area (Å²) in [7, 11) is 2.13. The molecule has 0 bridgehead atoms. The van der Waals surface area contributed by atoms with Gasteiger partial charge in [0.15, 0.2) is 0 Å². The molecule has 1 saturated heterocycles. The first-order valence-electron chi connectivity index (χ1n) is 9.29. The van der Waals surface area contributed by atoms with Crippen LogP contribution >= 0.6 is 0 Å². The number of aromatic nitrogens is 2. The fourth-order valence-corrected chi connectivity index (χ4v) is 3.93. The van der Waals surface area contributed by atoms with E-state index in [0.717, 1.165) is 55.6 Å². The van der Waals surface area contributed by atoms with Crippen LogP contribution in [0.4, 0.5) is 5.82 Å². The number of aryl methyl sites for hydroxylation is 1. The highest BCUT2D eigenvalue weighted by atomic mass is 16.5. The molecule has 138 valence electrons. The van der Waals surface area contributed by atoms with Gasteiger partial charge in [-0.25, -0.2) is 9.97 Å². The molecule has 0 spiro atoms. The minimum Gasteiger partial charge on any atom is -0.487 e. The van der Waals surface area contributed by atoms with Crippen molar-refractivity contribution in [2.45, 2.75) is 32.4 Å². The van der Waals surface area contributed by atoms with Crippen LogP contribution in [0.5, 0.6) is 5.75 Å². The molecule has 0 aliphatic carbocycles. The summed E-state index contributed by atoms with van der Waals surface area (Å²) in [4.78, 5) is 14.2. The Bertz CT molecular complexity index is 795. The zero-order valence-corrected chi connectivity index (χ0v) is 15.5. The monoisotopic (exact) mass is 354 g/mol. The van der Waals surface area contributed by atoms with E-state index in [0.29, 0.717) is 12.6 Å². The Kier molecular flexibility index (Phi) is 4.78. The number of fused-ring (bicyclic) bond motifs is 2. The maximum Gasteiger partial charge on any atom is 0.136 e. The summed E-state index contributed by atoms with van der Waals surface area (Å²) < 4.78 is 6.00. The van der Waals surface area contributed by atoms with Gasteiger partial charge in [-0.1, -0.05) is 18.2 Å². The van der Waals surface area contributed by atoms with Gasteiger partial charge in [0.2, 0.25) is 0 Å². The van der Waals surface area contributed by atoms with Crippen LogP contribution in [-0.2, 0) is 13.0 Å². The predicted octanol–water partition coefficient (Wildman–Crippen LogP) is 1.77. The Morgan fingerprint density at radius 3 is 2.92 bits per heavy atom. The van der Waals surface area contributed by atoms with Crippen LogP contribution in [0.15, 0.2) is 24.3 Å². The summed E-state index contributed by atoms with van der Waals surface area (Å²) in [6, 6.07) is 8.54. The van der Waals surface area contributed by atoms with Gasteiger partial charge < -0.3 is 14.7 Å². The van der Waals surface area contributed by atoms with E-state index in [4.69, 9.17) is 9.72 Å². The van der Waals surface area contributed by atoms with Crippen molar-refractivity contribution in [2.75, 3.05) is 38.2 Å². The Labute approximate surface area is 154 Å². The van der Waals surface area contributed by atoms with Crippen molar-refractivity contribution in [3.8, 4) is 5.75 Å². The molecule has 6 nitrogen and oxygen atoms in total. The third-order valence-electron chi connectivity index (χ3n) is 5.43. The highest BCUT2D eigenvalue weighted by Gasteiger charge is 2.28. The van der Waals surface area contributed by atoms with E-state index in [1.807, 2.05) is 19.1 Å². The summed E-state index contributed by atoms with van der Waals surface area (Å²) in [5.74, 6) is 2.75. The first kappa shape index (κ1) is 17.2. The lowest BCUT2D eigenvalue weighted by Crippen LogP contribution is -2.52. The van der Waals surface area contributed by atoms with Crippen LogP contribution in [0.3, 0.4) is 0 Å². The number of likely N-dealkylation sites (N-methyl/N-ethyl adjacent to an activating group) is 1. The summed E-state index contributed by atoms with van der Waals surface area (Å²) in [6.45, 7) is 5.42. The summed E-state index contributed by atoms with van der Waals surface area (Å²) in [5.41, 5.74) is 3.34. The topological polar surface area (TPSA) is 61.7 Å². The number of hydrogen-bond donors (Lipinski definition) is 1. The van der Waals surface area contributed by atoms with Crippen molar-refractivity contribution >= 4 is 5.82 Å². The van der Waals surface area contributed by atoms with E-state index >= 15 is 0 Å². The molecule has 1 aromatic carbocycles. The largest absolute Gasteiger partial charge is 0.487 e. The zero-order valence-electron chi connectivity index (χ0n) is 15.5. The Balaban J connectivity index is 1.71. The fraction of sp³-hybridized carbons (Fsp3) is 0.500. The quantitative estimate of drug-likeness (QED) is 0.906. The summed E-state index contributed by atoms with van der Waals surface area (Å²) in [6.07, 6.45) is 1.57. The maximum atomic E-state index is 9.39. The molecular formula is C20H26N4O2. The molecule has 1 atom stereocenters. The van der Waals surface area contributed by atoms with E-state index in [1.54, 1.807) is 0 Å². The number of aliphatic hydroxyl groups is 1. The number of para-hydroxylation sites is 1. The summed E-state index contributed by atoms with van der Waals surface area (Å²) >= 11 is 0. The molecule has 3 heterocycles.